The summed E-state index contributed by atoms with van der Waals surface area (Å²) in [6.45, 7) is 3.71. The van der Waals surface area contributed by atoms with Crippen molar-refractivity contribution in [3.63, 3.8) is 0 Å². The molecule has 2 heterocycles. The molecule has 2 atom stereocenters. The van der Waals surface area contributed by atoms with Gasteiger partial charge in [0.25, 0.3) is 5.56 Å². The van der Waals surface area contributed by atoms with Crippen LogP contribution in [0.1, 0.15) is 32.6 Å². The molecule has 140 valence electrons. The van der Waals surface area contributed by atoms with E-state index in [1.165, 1.54) is 16.8 Å². The van der Waals surface area contributed by atoms with Gasteiger partial charge in [-0.25, -0.2) is 9.48 Å². The first-order valence-corrected chi connectivity index (χ1v) is 9.40. The smallest absolute Gasteiger partial charge is 0.323 e. The molecule has 1 aromatic rings. The minimum absolute atomic E-state index is 0.101. The predicted octanol–water partition coefficient (Wildman–Crippen LogP) is 3.50. The Morgan fingerprint density at radius 2 is 2.15 bits per heavy atom. The topological polar surface area (TPSA) is 67.2 Å². The first-order valence-electron chi connectivity index (χ1n) is 9.02. The van der Waals surface area contributed by atoms with Gasteiger partial charge in [0.1, 0.15) is 0 Å². The van der Waals surface area contributed by atoms with Gasteiger partial charge in [0.15, 0.2) is 5.82 Å². The van der Waals surface area contributed by atoms with Crippen LogP contribution in [0.15, 0.2) is 40.2 Å². The molecule has 2 aliphatic rings. The molecule has 0 aromatic carbocycles. The number of hydrogen-bond donors (Lipinski definition) is 1. The van der Waals surface area contributed by atoms with Crippen molar-refractivity contribution < 1.29 is 4.79 Å². The van der Waals surface area contributed by atoms with E-state index < -0.39 is 0 Å². The summed E-state index contributed by atoms with van der Waals surface area (Å²) in [7, 11) is 1.56. The molecule has 1 saturated heterocycles. The number of nitrogens with zero attached hydrogens (tertiary/aromatic N) is 3. The number of likely N-dealkylation sites (tertiary alicyclic amines) is 1. The Kier molecular flexibility index (Phi) is 5.51. The van der Waals surface area contributed by atoms with E-state index in [1.807, 2.05) is 11.0 Å². The lowest BCUT2D eigenvalue weighted by Crippen LogP contribution is -2.37. The third-order valence-electron chi connectivity index (χ3n) is 5.50. The largest absolute Gasteiger partial charge is 0.324 e. The van der Waals surface area contributed by atoms with E-state index in [-0.39, 0.29) is 17.0 Å². The number of aromatic nitrogens is 2. The van der Waals surface area contributed by atoms with Crippen LogP contribution in [0.25, 0.3) is 0 Å². The molecular formula is C19H25ClN4O2. The summed E-state index contributed by atoms with van der Waals surface area (Å²) in [5, 5.41) is 7.65. The number of anilines is 1. The number of allylic oxidation sites excluding steroid dienone is 4. The lowest BCUT2D eigenvalue weighted by atomic mass is 9.70. The third-order valence-corrected chi connectivity index (χ3v) is 5.78. The summed E-state index contributed by atoms with van der Waals surface area (Å²) in [6.07, 6.45) is 10.3. The highest BCUT2D eigenvalue weighted by molar-refractivity contribution is 6.31. The van der Waals surface area contributed by atoms with Crippen LogP contribution < -0.4 is 10.9 Å². The fraction of sp³-hybridized carbons (Fsp3) is 0.526. The molecule has 0 spiro atoms. The molecule has 1 aliphatic heterocycles. The lowest BCUT2D eigenvalue weighted by molar-refractivity contribution is 0.205. The maximum absolute atomic E-state index is 12.6. The summed E-state index contributed by atoms with van der Waals surface area (Å²) in [5.41, 5.74) is -0.104. The van der Waals surface area contributed by atoms with E-state index in [0.29, 0.717) is 18.3 Å². The number of hydrogen-bond acceptors (Lipinski definition) is 3. The highest BCUT2D eigenvalue weighted by Gasteiger charge is 2.34. The van der Waals surface area contributed by atoms with Crippen LogP contribution in [0.2, 0.25) is 0 Å². The highest BCUT2D eigenvalue weighted by atomic mass is 35.5. The molecule has 1 unspecified atom stereocenters. The van der Waals surface area contributed by atoms with Crippen molar-refractivity contribution in [2.75, 3.05) is 18.4 Å². The number of nitrogens with one attached hydrogen (secondary N) is 1. The second-order valence-electron chi connectivity index (χ2n) is 7.36. The average molecular weight is 377 g/mol. The Labute approximate surface area is 158 Å². The number of urea groups is 1. The number of carbonyl (C=O) groups excluding carboxylic acids is 1. The average Bonchev–Trinajstić information content (AvgIpc) is 2.88. The number of rotatable bonds is 2. The summed E-state index contributed by atoms with van der Waals surface area (Å²) in [4.78, 5) is 25.8. The molecule has 3 rings (SSSR count). The van der Waals surface area contributed by atoms with Crippen molar-refractivity contribution >= 4 is 23.4 Å². The number of carbonyl (C=O) groups is 1. The molecule has 2 amide bonds. The van der Waals surface area contributed by atoms with Crippen molar-refractivity contribution in [1.82, 2.24) is 14.7 Å². The second kappa shape index (κ2) is 7.66. The summed E-state index contributed by atoms with van der Waals surface area (Å²) in [5.74, 6) is 0.910. The van der Waals surface area contributed by atoms with E-state index >= 15 is 0 Å². The molecule has 6 nitrogen and oxygen atoms in total. The first kappa shape index (κ1) is 18.7. The van der Waals surface area contributed by atoms with Gasteiger partial charge in [-0.2, -0.15) is 5.10 Å². The fourth-order valence-electron chi connectivity index (χ4n) is 3.74. The van der Waals surface area contributed by atoms with Crippen LogP contribution in [-0.4, -0.2) is 33.8 Å². The maximum Gasteiger partial charge on any atom is 0.323 e. The van der Waals surface area contributed by atoms with E-state index in [0.717, 1.165) is 37.3 Å². The van der Waals surface area contributed by atoms with Crippen LogP contribution in [0.3, 0.4) is 0 Å². The predicted molar refractivity (Wildman–Crippen MR) is 103 cm³/mol. The Morgan fingerprint density at radius 3 is 2.85 bits per heavy atom. The zero-order valence-corrected chi connectivity index (χ0v) is 16.0. The third kappa shape index (κ3) is 4.18. The van der Waals surface area contributed by atoms with Gasteiger partial charge >= 0.3 is 6.03 Å². The zero-order chi connectivity index (χ0) is 18.7. The molecular weight excluding hydrogens is 352 g/mol. The number of amides is 2. The van der Waals surface area contributed by atoms with Gasteiger partial charge in [0.05, 0.1) is 0 Å². The Hall–Kier alpha value is -2.08. The molecule has 0 radical (unpaired) electrons. The molecule has 1 aromatic heterocycles. The Morgan fingerprint density at radius 1 is 1.35 bits per heavy atom. The van der Waals surface area contributed by atoms with Gasteiger partial charge in [0.2, 0.25) is 0 Å². The van der Waals surface area contributed by atoms with Gasteiger partial charge < -0.3 is 4.90 Å². The van der Waals surface area contributed by atoms with Crippen LogP contribution >= 0.6 is 11.6 Å². The molecule has 1 aliphatic carbocycles. The van der Waals surface area contributed by atoms with E-state index in [4.69, 9.17) is 11.6 Å². The summed E-state index contributed by atoms with van der Waals surface area (Å²) in [6, 6.07) is 2.77. The highest BCUT2D eigenvalue weighted by Crippen LogP contribution is 2.42. The van der Waals surface area contributed by atoms with E-state index in [2.05, 4.69) is 29.5 Å². The quantitative estimate of drug-likeness (QED) is 0.858. The standard InChI is InChI=1S/C19H25ClN4O2/c1-19(10-7-15(20)8-11-19)14-4-3-12-24(13-9-14)18(26)21-16-5-6-17(25)23(2)22-16/h5-8,10,14H,3-4,9,11-13H2,1-2H3,(H,21,22,26)/t14-,19?/m1/s1. The first-order chi connectivity index (χ1) is 12.4. The minimum atomic E-state index is -0.205. The summed E-state index contributed by atoms with van der Waals surface area (Å²) >= 11 is 6.06. The second-order valence-corrected chi connectivity index (χ2v) is 7.79. The molecule has 0 saturated carbocycles. The molecule has 1 fully saturated rings. The molecule has 26 heavy (non-hydrogen) atoms. The van der Waals surface area contributed by atoms with Crippen molar-refractivity contribution in [2.24, 2.45) is 18.4 Å². The van der Waals surface area contributed by atoms with Crippen LogP contribution in [-0.2, 0) is 7.05 Å². The Bertz CT molecular complexity index is 801. The lowest BCUT2D eigenvalue weighted by Gasteiger charge is -2.36. The summed E-state index contributed by atoms with van der Waals surface area (Å²) < 4.78 is 1.21. The van der Waals surface area contributed by atoms with Crippen molar-refractivity contribution in [2.45, 2.75) is 32.6 Å². The van der Waals surface area contributed by atoms with Crippen molar-refractivity contribution in [1.29, 1.82) is 0 Å². The molecule has 0 bridgehead atoms. The van der Waals surface area contributed by atoms with Gasteiger partial charge in [0, 0.05) is 31.2 Å². The SMILES string of the molecule is Cn1nc(NC(=O)N2CCC[C@@H](C3(C)C=CC(Cl)=CC3)CC2)ccc1=O. The van der Waals surface area contributed by atoms with Crippen LogP contribution in [0, 0.1) is 11.3 Å². The molecule has 7 heteroatoms. The Balaban J connectivity index is 1.61. The monoisotopic (exact) mass is 376 g/mol. The fourth-order valence-corrected chi connectivity index (χ4v) is 3.88. The zero-order valence-electron chi connectivity index (χ0n) is 15.2. The number of aryl methyl sites for hydroxylation is 1. The van der Waals surface area contributed by atoms with Crippen molar-refractivity contribution in [3.8, 4) is 0 Å². The van der Waals surface area contributed by atoms with Gasteiger partial charge in [-0.3, -0.25) is 10.1 Å². The molecule has 1 N–H and O–H groups in total. The van der Waals surface area contributed by atoms with E-state index in [9.17, 15) is 9.59 Å². The van der Waals surface area contributed by atoms with Gasteiger partial charge in [-0.15, -0.1) is 0 Å². The van der Waals surface area contributed by atoms with Gasteiger partial charge in [-0.05, 0) is 49.2 Å². The maximum atomic E-state index is 12.6. The van der Waals surface area contributed by atoms with E-state index in [1.54, 1.807) is 7.05 Å². The van der Waals surface area contributed by atoms with Gasteiger partial charge in [-0.1, -0.05) is 30.7 Å². The van der Waals surface area contributed by atoms with Crippen LogP contribution in [0.5, 0.6) is 0 Å². The normalized spacial score (nSPS) is 26.2. The van der Waals surface area contributed by atoms with Crippen molar-refractivity contribution in [3.05, 3.63) is 45.7 Å². The minimum Gasteiger partial charge on any atom is -0.324 e. The van der Waals surface area contributed by atoms with Crippen LogP contribution in [0.4, 0.5) is 10.6 Å². The number of halogens is 1.